The van der Waals surface area contributed by atoms with Crippen LogP contribution in [0.2, 0.25) is 0 Å². The number of rotatable bonds is 7. The Morgan fingerprint density at radius 2 is 2.06 bits per heavy atom. The van der Waals surface area contributed by atoms with E-state index in [1.54, 1.807) is 0 Å². The molecule has 1 unspecified atom stereocenters. The molecule has 0 aromatic heterocycles. The highest BCUT2D eigenvalue weighted by atomic mass is 16.5. The molecule has 2 rings (SSSR count). The standard InChI is InChI=1S/C17H22O/c1-2-14-18-17(16-10-4-3-5-11-16)13-12-15-8-6-7-9-15/h3-6,8-11,17H,2,7,12-14H2,1H3. The lowest BCUT2D eigenvalue weighted by Crippen LogP contribution is -2.05. The summed E-state index contributed by atoms with van der Waals surface area (Å²) in [4.78, 5) is 0. The highest BCUT2D eigenvalue weighted by molar-refractivity contribution is 5.26. The van der Waals surface area contributed by atoms with Gasteiger partial charge in [0.1, 0.15) is 0 Å². The lowest BCUT2D eigenvalue weighted by molar-refractivity contribution is 0.0474. The van der Waals surface area contributed by atoms with Crippen LogP contribution in [-0.4, -0.2) is 6.61 Å². The van der Waals surface area contributed by atoms with Gasteiger partial charge < -0.3 is 4.74 Å². The molecule has 0 saturated heterocycles. The molecule has 1 aromatic rings. The number of ether oxygens (including phenoxy) is 1. The minimum Gasteiger partial charge on any atom is -0.374 e. The van der Waals surface area contributed by atoms with Gasteiger partial charge in [0.25, 0.3) is 0 Å². The zero-order valence-electron chi connectivity index (χ0n) is 11.1. The van der Waals surface area contributed by atoms with Gasteiger partial charge in [-0.25, -0.2) is 0 Å². The van der Waals surface area contributed by atoms with Crippen LogP contribution in [0.3, 0.4) is 0 Å². The van der Waals surface area contributed by atoms with Gasteiger partial charge in [-0.2, -0.15) is 0 Å². The summed E-state index contributed by atoms with van der Waals surface area (Å²) in [6, 6.07) is 10.6. The molecule has 96 valence electrons. The lowest BCUT2D eigenvalue weighted by atomic mass is 10.0. The number of hydrogen-bond donors (Lipinski definition) is 0. The van der Waals surface area contributed by atoms with Crippen LogP contribution in [0.4, 0.5) is 0 Å². The lowest BCUT2D eigenvalue weighted by Gasteiger charge is -2.18. The molecule has 1 atom stereocenters. The van der Waals surface area contributed by atoms with Crippen molar-refractivity contribution in [1.29, 1.82) is 0 Å². The second kappa shape index (κ2) is 7.17. The maximum Gasteiger partial charge on any atom is 0.0828 e. The van der Waals surface area contributed by atoms with Crippen molar-refractivity contribution < 1.29 is 4.74 Å². The first kappa shape index (κ1) is 13.1. The zero-order chi connectivity index (χ0) is 12.6. The van der Waals surface area contributed by atoms with Crippen molar-refractivity contribution in [3.05, 3.63) is 59.7 Å². The molecule has 0 saturated carbocycles. The second-order valence-electron chi connectivity index (χ2n) is 4.73. The zero-order valence-corrected chi connectivity index (χ0v) is 11.1. The Hall–Kier alpha value is -1.34. The molecule has 0 heterocycles. The molecular weight excluding hydrogens is 220 g/mol. The van der Waals surface area contributed by atoms with Gasteiger partial charge in [-0.1, -0.05) is 61.1 Å². The summed E-state index contributed by atoms with van der Waals surface area (Å²) in [6.45, 7) is 3.00. The van der Waals surface area contributed by atoms with Crippen LogP contribution in [0.15, 0.2) is 54.1 Å². The van der Waals surface area contributed by atoms with Crippen molar-refractivity contribution in [3.63, 3.8) is 0 Å². The molecule has 1 nitrogen and oxygen atoms in total. The fourth-order valence-electron chi connectivity index (χ4n) is 2.26. The van der Waals surface area contributed by atoms with Crippen molar-refractivity contribution >= 4 is 0 Å². The first-order chi connectivity index (χ1) is 8.90. The van der Waals surface area contributed by atoms with Crippen LogP contribution in [-0.2, 0) is 4.74 Å². The van der Waals surface area contributed by atoms with E-state index < -0.39 is 0 Å². The van der Waals surface area contributed by atoms with Crippen LogP contribution < -0.4 is 0 Å². The summed E-state index contributed by atoms with van der Waals surface area (Å²) >= 11 is 0. The van der Waals surface area contributed by atoms with Crippen LogP contribution in [0.1, 0.15) is 44.3 Å². The fourth-order valence-corrected chi connectivity index (χ4v) is 2.26. The Morgan fingerprint density at radius 1 is 1.22 bits per heavy atom. The molecule has 0 aliphatic heterocycles. The molecule has 0 bridgehead atoms. The van der Waals surface area contributed by atoms with Gasteiger partial charge in [-0.15, -0.1) is 0 Å². The van der Waals surface area contributed by atoms with Gasteiger partial charge in [0.05, 0.1) is 6.10 Å². The molecule has 1 heteroatoms. The van der Waals surface area contributed by atoms with Gasteiger partial charge in [-0.05, 0) is 31.2 Å². The van der Waals surface area contributed by atoms with Crippen LogP contribution >= 0.6 is 0 Å². The normalized spacial score (nSPS) is 15.7. The van der Waals surface area contributed by atoms with E-state index in [-0.39, 0.29) is 6.10 Å². The Balaban J connectivity index is 1.94. The van der Waals surface area contributed by atoms with Crippen molar-refractivity contribution in [2.75, 3.05) is 6.61 Å². The van der Waals surface area contributed by atoms with Crippen LogP contribution in [0.5, 0.6) is 0 Å². The van der Waals surface area contributed by atoms with E-state index in [2.05, 4.69) is 55.5 Å². The largest absolute Gasteiger partial charge is 0.374 e. The maximum atomic E-state index is 5.99. The highest BCUT2D eigenvalue weighted by Gasteiger charge is 2.12. The molecule has 0 spiro atoms. The fraction of sp³-hybridized carbons (Fsp3) is 0.412. The number of allylic oxidation sites excluding steroid dienone is 4. The van der Waals surface area contributed by atoms with Gasteiger partial charge in [0.15, 0.2) is 0 Å². The summed E-state index contributed by atoms with van der Waals surface area (Å²) < 4.78 is 5.99. The van der Waals surface area contributed by atoms with E-state index in [0.29, 0.717) is 0 Å². The third-order valence-electron chi connectivity index (χ3n) is 3.24. The highest BCUT2D eigenvalue weighted by Crippen LogP contribution is 2.26. The van der Waals surface area contributed by atoms with Crippen molar-refractivity contribution in [2.45, 2.75) is 38.7 Å². The quantitative estimate of drug-likeness (QED) is 0.666. The van der Waals surface area contributed by atoms with Crippen LogP contribution in [0, 0.1) is 0 Å². The maximum absolute atomic E-state index is 5.99. The number of benzene rings is 1. The average Bonchev–Trinajstić information content (AvgIpc) is 2.93. The Morgan fingerprint density at radius 3 is 2.72 bits per heavy atom. The van der Waals surface area contributed by atoms with Crippen LogP contribution in [0.25, 0.3) is 0 Å². The molecule has 1 aliphatic rings. The van der Waals surface area contributed by atoms with E-state index in [4.69, 9.17) is 4.74 Å². The molecule has 0 fully saturated rings. The smallest absolute Gasteiger partial charge is 0.0828 e. The first-order valence-corrected chi connectivity index (χ1v) is 6.92. The molecule has 0 radical (unpaired) electrons. The Bertz CT molecular complexity index is 403. The van der Waals surface area contributed by atoms with Gasteiger partial charge >= 0.3 is 0 Å². The summed E-state index contributed by atoms with van der Waals surface area (Å²) in [5.41, 5.74) is 2.75. The predicted molar refractivity (Wildman–Crippen MR) is 76.5 cm³/mol. The van der Waals surface area contributed by atoms with E-state index in [1.165, 1.54) is 11.1 Å². The van der Waals surface area contributed by atoms with Crippen molar-refractivity contribution in [1.82, 2.24) is 0 Å². The third-order valence-corrected chi connectivity index (χ3v) is 3.24. The summed E-state index contributed by atoms with van der Waals surface area (Å²) in [5, 5.41) is 0. The Kier molecular flexibility index (Phi) is 5.22. The molecule has 1 aromatic carbocycles. The van der Waals surface area contributed by atoms with E-state index >= 15 is 0 Å². The van der Waals surface area contributed by atoms with E-state index in [0.717, 1.165) is 32.3 Å². The predicted octanol–water partition coefficient (Wildman–Crippen LogP) is 4.82. The third kappa shape index (κ3) is 3.85. The molecule has 0 N–H and O–H groups in total. The topological polar surface area (TPSA) is 9.23 Å². The second-order valence-corrected chi connectivity index (χ2v) is 4.73. The SMILES string of the molecule is CCCOC(CCC1=CCC=C1)c1ccccc1. The molecule has 1 aliphatic carbocycles. The van der Waals surface area contributed by atoms with E-state index in [1.807, 2.05) is 0 Å². The minimum absolute atomic E-state index is 0.237. The molecular formula is C17H22O. The van der Waals surface area contributed by atoms with Crippen molar-refractivity contribution in [2.24, 2.45) is 0 Å². The average molecular weight is 242 g/mol. The monoisotopic (exact) mass is 242 g/mol. The first-order valence-electron chi connectivity index (χ1n) is 6.92. The molecule has 0 amide bonds. The molecule has 18 heavy (non-hydrogen) atoms. The van der Waals surface area contributed by atoms with Gasteiger partial charge in [0, 0.05) is 6.61 Å². The van der Waals surface area contributed by atoms with Gasteiger partial charge in [-0.3, -0.25) is 0 Å². The Labute approximate surface area is 110 Å². The summed E-state index contributed by atoms with van der Waals surface area (Å²) in [5.74, 6) is 0. The van der Waals surface area contributed by atoms with Crippen molar-refractivity contribution in [3.8, 4) is 0 Å². The summed E-state index contributed by atoms with van der Waals surface area (Å²) in [7, 11) is 0. The van der Waals surface area contributed by atoms with E-state index in [9.17, 15) is 0 Å². The number of hydrogen-bond acceptors (Lipinski definition) is 1. The van der Waals surface area contributed by atoms with Gasteiger partial charge in [0.2, 0.25) is 0 Å². The summed E-state index contributed by atoms with van der Waals surface area (Å²) in [6.07, 6.45) is 11.4. The minimum atomic E-state index is 0.237.